The van der Waals surface area contributed by atoms with E-state index in [1.54, 1.807) is 10.9 Å². The predicted octanol–water partition coefficient (Wildman–Crippen LogP) is 8.07. The molecule has 0 atom stereocenters. The number of nitrogens with one attached hydrogen (secondary N) is 1. The average Bonchev–Trinajstić information content (AvgIpc) is 3.29. The predicted molar refractivity (Wildman–Crippen MR) is 161 cm³/mol. The van der Waals surface area contributed by atoms with Gasteiger partial charge in [0.1, 0.15) is 23.0 Å². The van der Waals surface area contributed by atoms with Crippen LogP contribution in [0.25, 0.3) is 56.6 Å². The standard InChI is InChI=1S/C35H22N4O2/c1-2-19-36-29(14-1)28-13-4-8-23-17-18-24-10-7-21-39(35(24)38-33(23)28)41-26-11-3-9-25(22-26)27-12-5-15-30-32(27)34-31(40-30)16-6-20-37-34/h1-22H/p+1. The zero-order chi connectivity index (χ0) is 27.2. The lowest BCUT2D eigenvalue weighted by Gasteiger charge is -2.12. The highest BCUT2D eigenvalue weighted by Gasteiger charge is 2.24. The molecule has 1 N–H and O–H groups in total. The van der Waals surface area contributed by atoms with Crippen LogP contribution in [0.5, 0.6) is 5.75 Å². The van der Waals surface area contributed by atoms with Crippen LogP contribution in [0.4, 0.5) is 11.5 Å². The van der Waals surface area contributed by atoms with E-state index in [2.05, 4.69) is 63.8 Å². The van der Waals surface area contributed by atoms with Gasteiger partial charge in [0.25, 0.3) is 0 Å². The van der Waals surface area contributed by atoms with Gasteiger partial charge in [-0.2, -0.15) is 0 Å². The van der Waals surface area contributed by atoms with Crippen molar-refractivity contribution in [2.45, 2.75) is 0 Å². The van der Waals surface area contributed by atoms with Crippen molar-refractivity contribution in [2.75, 3.05) is 5.32 Å². The summed E-state index contributed by atoms with van der Waals surface area (Å²) in [5.41, 5.74) is 9.47. The van der Waals surface area contributed by atoms with Crippen LogP contribution < -0.4 is 14.9 Å². The van der Waals surface area contributed by atoms with Crippen molar-refractivity contribution >= 4 is 45.7 Å². The lowest BCUT2D eigenvalue weighted by atomic mass is 10.0. The number of aromatic nitrogens is 3. The third-order valence-electron chi connectivity index (χ3n) is 7.32. The molecule has 0 fully saturated rings. The summed E-state index contributed by atoms with van der Waals surface area (Å²) in [6.07, 6.45) is 9.74. The van der Waals surface area contributed by atoms with Gasteiger partial charge in [-0.05, 0) is 88.7 Å². The van der Waals surface area contributed by atoms with E-state index in [4.69, 9.17) is 9.25 Å². The molecule has 7 aromatic rings. The number of hydrogen-bond donors (Lipinski definition) is 1. The molecule has 0 radical (unpaired) electrons. The highest BCUT2D eigenvalue weighted by atomic mass is 16.7. The average molecular weight is 532 g/mol. The maximum Gasteiger partial charge on any atom is 0.326 e. The van der Waals surface area contributed by atoms with Crippen LogP contribution in [-0.2, 0) is 0 Å². The second-order valence-electron chi connectivity index (χ2n) is 9.83. The number of benzene rings is 3. The summed E-state index contributed by atoms with van der Waals surface area (Å²) >= 11 is 0. The first-order valence-electron chi connectivity index (χ1n) is 13.4. The van der Waals surface area contributed by atoms with Crippen LogP contribution in [0.3, 0.4) is 0 Å². The summed E-state index contributed by atoms with van der Waals surface area (Å²) in [4.78, 5) is 15.7. The van der Waals surface area contributed by atoms with E-state index in [-0.39, 0.29) is 0 Å². The SMILES string of the molecule is C1=Cc2ccc[n+](Oc3cccc(-c4cccc5oc6cccnc6c45)c3)c2Nc2c1cccc2-c1ccccn1. The third-order valence-corrected chi connectivity index (χ3v) is 7.32. The van der Waals surface area contributed by atoms with Gasteiger partial charge in [0, 0.05) is 23.5 Å². The fraction of sp³-hybridized carbons (Fsp3) is 0. The zero-order valence-electron chi connectivity index (χ0n) is 21.9. The maximum absolute atomic E-state index is 6.50. The Balaban J connectivity index is 1.20. The van der Waals surface area contributed by atoms with Gasteiger partial charge < -0.3 is 4.42 Å². The molecule has 4 aromatic heterocycles. The van der Waals surface area contributed by atoms with Crippen LogP contribution in [-0.4, -0.2) is 9.97 Å². The largest absolute Gasteiger partial charge is 0.454 e. The Morgan fingerprint density at radius 1 is 0.683 bits per heavy atom. The highest BCUT2D eigenvalue weighted by Crippen LogP contribution is 2.38. The molecular formula is C35H23N4O2+. The lowest BCUT2D eigenvalue weighted by molar-refractivity contribution is -0.863. The normalized spacial score (nSPS) is 12.0. The monoisotopic (exact) mass is 531 g/mol. The molecule has 6 heteroatoms. The summed E-state index contributed by atoms with van der Waals surface area (Å²) in [6, 6.07) is 34.2. The Labute approximate surface area is 235 Å². The molecule has 0 bridgehead atoms. The number of anilines is 2. The Morgan fingerprint density at radius 3 is 2.46 bits per heavy atom. The molecule has 0 amide bonds. The summed E-state index contributed by atoms with van der Waals surface area (Å²) in [7, 11) is 0. The topological polar surface area (TPSA) is 64.1 Å². The van der Waals surface area contributed by atoms with Gasteiger partial charge in [-0.1, -0.05) is 42.5 Å². The minimum Gasteiger partial charge on any atom is -0.454 e. The molecule has 8 rings (SSSR count). The molecule has 1 aliphatic rings. The number of furan rings is 1. The summed E-state index contributed by atoms with van der Waals surface area (Å²) in [5.74, 6) is 1.52. The Morgan fingerprint density at radius 2 is 1.51 bits per heavy atom. The minimum absolute atomic E-state index is 0.701. The first kappa shape index (κ1) is 23.2. The van der Waals surface area contributed by atoms with Gasteiger partial charge in [0.05, 0.1) is 16.6 Å². The van der Waals surface area contributed by atoms with Crippen LogP contribution in [0, 0.1) is 0 Å². The Kier molecular flexibility index (Phi) is 5.35. The minimum atomic E-state index is 0.701. The van der Waals surface area contributed by atoms with E-state index in [0.717, 1.165) is 67.1 Å². The lowest BCUT2D eigenvalue weighted by Crippen LogP contribution is -2.42. The van der Waals surface area contributed by atoms with Crippen LogP contribution in [0.2, 0.25) is 0 Å². The van der Waals surface area contributed by atoms with E-state index in [9.17, 15) is 0 Å². The third kappa shape index (κ3) is 4.01. The van der Waals surface area contributed by atoms with E-state index >= 15 is 0 Å². The molecule has 5 heterocycles. The molecular weight excluding hydrogens is 508 g/mol. The maximum atomic E-state index is 6.50. The molecule has 3 aromatic carbocycles. The van der Waals surface area contributed by atoms with Crippen molar-refractivity contribution in [1.82, 2.24) is 9.97 Å². The van der Waals surface area contributed by atoms with Gasteiger partial charge in [0.15, 0.2) is 11.3 Å². The molecule has 0 aliphatic carbocycles. The zero-order valence-corrected chi connectivity index (χ0v) is 21.9. The molecule has 194 valence electrons. The van der Waals surface area contributed by atoms with Crippen LogP contribution in [0.1, 0.15) is 11.1 Å². The van der Waals surface area contributed by atoms with E-state index in [1.165, 1.54) is 0 Å². The summed E-state index contributed by atoms with van der Waals surface area (Å²) in [5, 5.41) is 4.65. The molecule has 6 nitrogen and oxygen atoms in total. The molecule has 1 aliphatic heterocycles. The van der Waals surface area contributed by atoms with Gasteiger partial charge in [-0.15, -0.1) is 0 Å². The number of rotatable bonds is 4. The van der Waals surface area contributed by atoms with E-state index < -0.39 is 0 Å². The van der Waals surface area contributed by atoms with Crippen molar-refractivity contribution in [1.29, 1.82) is 0 Å². The molecule has 0 unspecified atom stereocenters. The van der Waals surface area contributed by atoms with E-state index in [1.807, 2.05) is 79.1 Å². The molecule has 41 heavy (non-hydrogen) atoms. The number of fused-ring (bicyclic) bond motifs is 5. The van der Waals surface area contributed by atoms with Crippen molar-refractivity contribution in [3.05, 3.63) is 133 Å². The van der Waals surface area contributed by atoms with Crippen molar-refractivity contribution in [2.24, 2.45) is 0 Å². The van der Waals surface area contributed by atoms with Crippen molar-refractivity contribution < 1.29 is 14.0 Å². The van der Waals surface area contributed by atoms with Crippen LogP contribution in [0.15, 0.2) is 126 Å². The Bertz CT molecular complexity index is 2120. The van der Waals surface area contributed by atoms with Gasteiger partial charge >= 0.3 is 5.82 Å². The second kappa shape index (κ2) is 9.47. The number of hydrogen-bond acceptors (Lipinski definition) is 5. The Hall–Kier alpha value is -5.75. The summed E-state index contributed by atoms with van der Waals surface area (Å²) < 4.78 is 7.84. The van der Waals surface area contributed by atoms with Gasteiger partial charge in [-0.25, -0.2) is 5.32 Å². The second-order valence-corrected chi connectivity index (χ2v) is 9.83. The van der Waals surface area contributed by atoms with Gasteiger partial charge in [0.2, 0.25) is 0 Å². The molecule has 0 saturated heterocycles. The van der Waals surface area contributed by atoms with Crippen molar-refractivity contribution in [3.63, 3.8) is 0 Å². The number of pyridine rings is 3. The summed E-state index contributed by atoms with van der Waals surface area (Å²) in [6.45, 7) is 0. The first-order valence-corrected chi connectivity index (χ1v) is 13.4. The smallest absolute Gasteiger partial charge is 0.326 e. The highest BCUT2D eigenvalue weighted by molar-refractivity contribution is 6.10. The fourth-order valence-electron chi connectivity index (χ4n) is 5.44. The van der Waals surface area contributed by atoms with Crippen molar-refractivity contribution in [3.8, 4) is 28.1 Å². The number of nitrogens with zero attached hydrogens (tertiary/aromatic N) is 3. The van der Waals surface area contributed by atoms with E-state index in [0.29, 0.717) is 5.75 Å². The molecule has 0 spiro atoms. The quantitative estimate of drug-likeness (QED) is 0.233. The fourth-order valence-corrected chi connectivity index (χ4v) is 5.44. The number of para-hydroxylation sites is 1. The van der Waals surface area contributed by atoms with Crippen LogP contribution >= 0.6 is 0 Å². The van der Waals surface area contributed by atoms with Gasteiger partial charge in [-0.3, -0.25) is 14.8 Å². The first-order chi connectivity index (χ1) is 20.3. The molecule has 0 saturated carbocycles.